The Kier molecular flexibility index (Phi) is 5.41. The molecule has 1 aromatic heterocycles. The van der Waals surface area contributed by atoms with E-state index in [1.807, 2.05) is 0 Å². The fraction of sp³-hybridized carbons (Fsp3) is 0.200. The molecule has 0 saturated carbocycles. The van der Waals surface area contributed by atoms with Crippen LogP contribution in [-0.2, 0) is 9.59 Å². The van der Waals surface area contributed by atoms with Gasteiger partial charge in [0.15, 0.2) is 5.00 Å². The number of aryl methyl sites for hydroxylation is 1. The van der Waals surface area contributed by atoms with Crippen molar-refractivity contribution in [3.8, 4) is 5.75 Å². The van der Waals surface area contributed by atoms with Crippen LogP contribution in [0.3, 0.4) is 0 Å². The van der Waals surface area contributed by atoms with Gasteiger partial charge in [0.25, 0.3) is 0 Å². The van der Waals surface area contributed by atoms with Gasteiger partial charge in [0.05, 0.1) is 23.6 Å². The number of amides is 2. The van der Waals surface area contributed by atoms with Crippen molar-refractivity contribution in [2.24, 2.45) is 10.2 Å². The summed E-state index contributed by atoms with van der Waals surface area (Å²) in [6.07, 6.45) is 0. The number of carbonyl (C=O) groups is 2. The quantitative estimate of drug-likeness (QED) is 0.434. The Balaban J connectivity index is 2.48. The molecule has 1 heterocycles. The van der Waals surface area contributed by atoms with E-state index in [0.29, 0.717) is 16.4 Å². The summed E-state index contributed by atoms with van der Waals surface area (Å²) in [5.41, 5.74) is 1.41. The van der Waals surface area contributed by atoms with E-state index >= 15 is 0 Å². The second kappa shape index (κ2) is 7.50. The van der Waals surface area contributed by atoms with Gasteiger partial charge in [-0.15, -0.1) is 10.2 Å². The maximum absolute atomic E-state index is 11.3. The highest BCUT2D eigenvalue weighted by Gasteiger charge is 2.13. The Morgan fingerprint density at radius 3 is 2.44 bits per heavy atom. The average molecular weight is 358 g/mol. The predicted octanol–water partition coefficient (Wildman–Crippen LogP) is 4.04. The molecule has 0 aliphatic rings. The van der Waals surface area contributed by atoms with Crippen molar-refractivity contribution in [3.63, 3.8) is 0 Å². The van der Waals surface area contributed by atoms with Gasteiger partial charge in [0.2, 0.25) is 17.5 Å². The van der Waals surface area contributed by atoms with Crippen LogP contribution in [0.15, 0.2) is 22.4 Å². The lowest BCUT2D eigenvalue weighted by molar-refractivity contribution is -0.115. The molecular weight excluding hydrogens is 344 g/mol. The summed E-state index contributed by atoms with van der Waals surface area (Å²) in [7, 11) is 0. The molecule has 3 N–H and O–H groups in total. The number of hydrogen-bond donors (Lipinski definition) is 3. The van der Waals surface area contributed by atoms with Crippen molar-refractivity contribution in [3.05, 3.63) is 29.2 Å². The summed E-state index contributed by atoms with van der Waals surface area (Å²) in [6, 6.07) is 2.63. The van der Waals surface area contributed by atoms with Crippen LogP contribution in [0.4, 0.5) is 27.8 Å². The van der Waals surface area contributed by atoms with E-state index in [1.165, 1.54) is 26.0 Å². The van der Waals surface area contributed by atoms with Crippen LogP contribution >= 0.6 is 11.5 Å². The van der Waals surface area contributed by atoms with Crippen LogP contribution in [-0.4, -0.2) is 21.3 Å². The number of azo groups is 1. The van der Waals surface area contributed by atoms with E-state index in [1.54, 1.807) is 6.92 Å². The van der Waals surface area contributed by atoms with Gasteiger partial charge in [-0.1, -0.05) is 0 Å². The fourth-order valence-corrected chi connectivity index (χ4v) is 2.55. The smallest absolute Gasteiger partial charge is 0.247 e. The first-order chi connectivity index (χ1) is 11.8. The molecule has 10 heteroatoms. The molecular formula is C15H14N6O3S. The number of phenols is 1. The van der Waals surface area contributed by atoms with Gasteiger partial charge >= 0.3 is 0 Å². The van der Waals surface area contributed by atoms with Crippen LogP contribution in [0.2, 0.25) is 0 Å². The zero-order valence-corrected chi connectivity index (χ0v) is 14.4. The molecule has 0 saturated heterocycles. The van der Waals surface area contributed by atoms with E-state index in [2.05, 4.69) is 30.1 Å². The lowest BCUT2D eigenvalue weighted by Gasteiger charge is -2.10. The summed E-state index contributed by atoms with van der Waals surface area (Å²) in [6.45, 7) is 11.5. The van der Waals surface area contributed by atoms with Gasteiger partial charge in [-0.3, -0.25) is 9.59 Å². The lowest BCUT2D eigenvalue weighted by atomic mass is 10.2. The number of hydrogen-bond acceptors (Lipinski definition) is 7. The van der Waals surface area contributed by atoms with Crippen molar-refractivity contribution in [2.45, 2.75) is 20.8 Å². The third-order valence-electron chi connectivity index (χ3n) is 2.91. The highest BCUT2D eigenvalue weighted by atomic mass is 32.1. The van der Waals surface area contributed by atoms with Crippen molar-refractivity contribution >= 4 is 51.1 Å². The minimum Gasteiger partial charge on any atom is -0.506 e. The fourth-order valence-electron chi connectivity index (χ4n) is 1.89. The molecule has 0 aliphatic heterocycles. The number of rotatable bonds is 4. The molecule has 0 aliphatic carbocycles. The molecule has 2 rings (SSSR count). The standard InChI is InChI=1S/C15H14N6O3S/c1-7-14(16-4)15(25-21-7)20-19-11-5-12(18-9(3)23)13(24)6-10(11)17-8(2)22/h5-6,24H,1-3H3,(H,17,22)(H,18,23). The Hall–Kier alpha value is -3.32. The van der Waals surface area contributed by atoms with Crippen LogP contribution in [0, 0.1) is 13.5 Å². The number of benzene rings is 1. The lowest BCUT2D eigenvalue weighted by Crippen LogP contribution is -2.08. The minimum absolute atomic E-state index is 0.126. The van der Waals surface area contributed by atoms with Crippen molar-refractivity contribution in [2.75, 3.05) is 10.6 Å². The summed E-state index contributed by atoms with van der Waals surface area (Å²) in [5.74, 6) is -0.967. The molecule has 0 atom stereocenters. The van der Waals surface area contributed by atoms with Crippen molar-refractivity contribution < 1.29 is 14.7 Å². The van der Waals surface area contributed by atoms with E-state index < -0.39 is 0 Å². The largest absolute Gasteiger partial charge is 0.506 e. The van der Waals surface area contributed by atoms with Crippen molar-refractivity contribution in [1.29, 1.82) is 0 Å². The molecule has 25 heavy (non-hydrogen) atoms. The van der Waals surface area contributed by atoms with Gasteiger partial charge in [-0.05, 0) is 24.5 Å². The normalized spacial score (nSPS) is 10.5. The molecule has 9 nitrogen and oxygen atoms in total. The molecule has 0 unspecified atom stereocenters. The third-order valence-corrected chi connectivity index (χ3v) is 3.72. The Morgan fingerprint density at radius 1 is 1.20 bits per heavy atom. The van der Waals surface area contributed by atoms with Gasteiger partial charge in [-0.25, -0.2) is 9.22 Å². The summed E-state index contributed by atoms with van der Waals surface area (Å²) < 4.78 is 4.05. The van der Waals surface area contributed by atoms with E-state index in [-0.39, 0.29) is 34.6 Å². The predicted molar refractivity (Wildman–Crippen MR) is 94.0 cm³/mol. The zero-order chi connectivity index (χ0) is 18.6. The molecule has 1 aromatic carbocycles. The van der Waals surface area contributed by atoms with Crippen molar-refractivity contribution in [1.82, 2.24) is 4.37 Å². The first-order valence-electron chi connectivity index (χ1n) is 6.99. The number of phenolic OH excluding ortho intramolecular Hbond substituents is 1. The first kappa shape index (κ1) is 18.0. The van der Waals surface area contributed by atoms with E-state index in [4.69, 9.17) is 6.57 Å². The second-order valence-electron chi connectivity index (χ2n) is 4.98. The van der Waals surface area contributed by atoms with Gasteiger partial charge in [-0.2, -0.15) is 0 Å². The van der Waals surface area contributed by atoms with Crippen LogP contribution in [0.25, 0.3) is 4.85 Å². The minimum atomic E-state index is -0.376. The van der Waals surface area contributed by atoms with Gasteiger partial charge in [0, 0.05) is 19.9 Å². The Morgan fingerprint density at radius 2 is 1.84 bits per heavy atom. The maximum Gasteiger partial charge on any atom is 0.247 e. The Bertz CT molecular complexity index is 913. The number of carbonyl (C=O) groups excluding carboxylic acids is 2. The first-order valence-corrected chi connectivity index (χ1v) is 7.76. The number of aromatic hydroxyl groups is 1. The second-order valence-corrected chi connectivity index (χ2v) is 5.73. The molecule has 2 amide bonds. The molecule has 0 spiro atoms. The maximum atomic E-state index is 11.3. The van der Waals surface area contributed by atoms with Crippen LogP contribution < -0.4 is 10.6 Å². The van der Waals surface area contributed by atoms with Crippen LogP contribution in [0.1, 0.15) is 19.5 Å². The molecule has 128 valence electrons. The summed E-state index contributed by atoms with van der Waals surface area (Å²) in [4.78, 5) is 25.9. The number of aromatic nitrogens is 1. The highest BCUT2D eigenvalue weighted by Crippen LogP contribution is 2.40. The molecule has 0 radical (unpaired) electrons. The van der Waals surface area contributed by atoms with E-state index in [0.717, 1.165) is 11.5 Å². The topological polar surface area (TPSA) is 120 Å². The Labute approximate surface area is 147 Å². The van der Waals surface area contributed by atoms with Gasteiger partial charge in [0.1, 0.15) is 11.4 Å². The number of nitrogens with zero attached hydrogens (tertiary/aromatic N) is 4. The average Bonchev–Trinajstić information content (AvgIpc) is 2.87. The third kappa shape index (κ3) is 4.36. The monoisotopic (exact) mass is 358 g/mol. The van der Waals surface area contributed by atoms with Crippen LogP contribution in [0.5, 0.6) is 5.75 Å². The number of anilines is 2. The van der Waals surface area contributed by atoms with E-state index in [9.17, 15) is 14.7 Å². The zero-order valence-electron chi connectivity index (χ0n) is 13.6. The molecule has 2 aromatic rings. The molecule has 0 fully saturated rings. The number of nitrogens with one attached hydrogen (secondary N) is 2. The highest BCUT2D eigenvalue weighted by molar-refractivity contribution is 7.10. The summed E-state index contributed by atoms with van der Waals surface area (Å²) in [5, 5.41) is 23.3. The molecule has 0 bridgehead atoms. The van der Waals surface area contributed by atoms with Gasteiger partial charge < -0.3 is 15.7 Å². The summed E-state index contributed by atoms with van der Waals surface area (Å²) >= 11 is 1.03. The SMILES string of the molecule is [C-]#[N+]c1c(C)nsc1N=Nc1cc(NC(C)=O)c(O)cc1NC(C)=O.